The molecule has 82 valence electrons. The van der Waals surface area contributed by atoms with Gasteiger partial charge in [-0.15, -0.1) is 0 Å². The molecule has 0 aliphatic heterocycles. The minimum Gasteiger partial charge on any atom is -0.298 e. The summed E-state index contributed by atoms with van der Waals surface area (Å²) in [6.45, 7) is 12.7. The highest BCUT2D eigenvalue weighted by molar-refractivity contribution is 5.24. The first kappa shape index (κ1) is 11.7. The van der Waals surface area contributed by atoms with Gasteiger partial charge >= 0.3 is 0 Å². The molecule has 0 spiro atoms. The molecule has 1 unspecified atom stereocenters. The maximum absolute atomic E-state index is 4.08. The summed E-state index contributed by atoms with van der Waals surface area (Å²) in [5.41, 5.74) is 0. The molecule has 0 radical (unpaired) electrons. The van der Waals surface area contributed by atoms with Gasteiger partial charge in [0.1, 0.15) is 0 Å². The van der Waals surface area contributed by atoms with Crippen LogP contribution in [0.2, 0.25) is 0 Å². The molecular formula is C12H24N2. The van der Waals surface area contributed by atoms with E-state index < -0.39 is 0 Å². The average Bonchev–Trinajstić information content (AvgIpc) is 1.99. The van der Waals surface area contributed by atoms with Gasteiger partial charge in [-0.3, -0.25) is 9.89 Å². The molecule has 1 saturated carbocycles. The van der Waals surface area contributed by atoms with E-state index in [1.807, 2.05) is 0 Å². The van der Waals surface area contributed by atoms with Gasteiger partial charge in [0.15, 0.2) is 0 Å². The van der Waals surface area contributed by atoms with E-state index in [-0.39, 0.29) is 0 Å². The normalized spacial score (nSPS) is 19.8. The fraction of sp³-hybridized carbons (Fsp3) is 0.917. The lowest BCUT2D eigenvalue weighted by Gasteiger charge is -2.39. The SMILES string of the molecule is C=NC(C)CN(CC(C)C)C1CCC1. The van der Waals surface area contributed by atoms with Gasteiger partial charge in [0.25, 0.3) is 0 Å². The Hall–Kier alpha value is -0.370. The Morgan fingerprint density at radius 1 is 1.29 bits per heavy atom. The third-order valence-electron chi connectivity index (χ3n) is 3.00. The van der Waals surface area contributed by atoms with Crippen LogP contribution in [0, 0.1) is 5.92 Å². The Bertz CT molecular complexity index is 173. The van der Waals surface area contributed by atoms with Crippen molar-refractivity contribution in [1.29, 1.82) is 0 Å². The molecule has 0 aromatic rings. The van der Waals surface area contributed by atoms with Crippen molar-refractivity contribution in [2.75, 3.05) is 13.1 Å². The Kier molecular flexibility index (Phi) is 4.59. The number of hydrogen-bond acceptors (Lipinski definition) is 2. The van der Waals surface area contributed by atoms with Crippen molar-refractivity contribution in [2.24, 2.45) is 10.9 Å². The number of nitrogens with zero attached hydrogens (tertiary/aromatic N) is 2. The topological polar surface area (TPSA) is 15.6 Å². The summed E-state index contributed by atoms with van der Waals surface area (Å²) in [5.74, 6) is 0.757. The van der Waals surface area contributed by atoms with E-state index in [1.165, 1.54) is 25.8 Å². The van der Waals surface area contributed by atoms with Crippen LogP contribution in [0.4, 0.5) is 0 Å². The van der Waals surface area contributed by atoms with Gasteiger partial charge in [-0.1, -0.05) is 20.3 Å². The van der Waals surface area contributed by atoms with Crippen LogP contribution in [0.25, 0.3) is 0 Å². The van der Waals surface area contributed by atoms with Crippen LogP contribution in [-0.4, -0.2) is 36.8 Å². The minimum atomic E-state index is 0.384. The molecule has 2 heteroatoms. The quantitative estimate of drug-likeness (QED) is 0.596. The highest BCUT2D eigenvalue weighted by atomic mass is 15.2. The summed E-state index contributed by atoms with van der Waals surface area (Å²) in [6.07, 6.45) is 4.18. The van der Waals surface area contributed by atoms with Crippen molar-refractivity contribution in [2.45, 2.75) is 52.1 Å². The monoisotopic (exact) mass is 196 g/mol. The van der Waals surface area contributed by atoms with E-state index in [0.717, 1.165) is 18.5 Å². The molecule has 14 heavy (non-hydrogen) atoms. The number of rotatable bonds is 6. The molecule has 0 bridgehead atoms. The first-order valence-electron chi connectivity index (χ1n) is 5.83. The highest BCUT2D eigenvalue weighted by Gasteiger charge is 2.25. The van der Waals surface area contributed by atoms with Crippen LogP contribution in [-0.2, 0) is 0 Å². The molecule has 1 atom stereocenters. The zero-order valence-electron chi connectivity index (χ0n) is 9.87. The summed E-state index contributed by atoms with van der Waals surface area (Å²) in [7, 11) is 0. The van der Waals surface area contributed by atoms with Crippen molar-refractivity contribution < 1.29 is 0 Å². The zero-order valence-corrected chi connectivity index (χ0v) is 9.87. The molecule has 0 heterocycles. The van der Waals surface area contributed by atoms with Crippen molar-refractivity contribution >= 4 is 6.72 Å². The van der Waals surface area contributed by atoms with Gasteiger partial charge in [-0.25, -0.2) is 0 Å². The molecule has 0 aromatic heterocycles. The van der Waals surface area contributed by atoms with Gasteiger partial charge in [0.2, 0.25) is 0 Å². The largest absolute Gasteiger partial charge is 0.298 e. The third kappa shape index (κ3) is 3.41. The third-order valence-corrected chi connectivity index (χ3v) is 3.00. The van der Waals surface area contributed by atoms with Crippen molar-refractivity contribution in [3.8, 4) is 0 Å². The van der Waals surface area contributed by atoms with Crippen LogP contribution in [0.15, 0.2) is 4.99 Å². The first-order chi connectivity index (χ1) is 6.63. The lowest BCUT2D eigenvalue weighted by atomic mass is 9.90. The fourth-order valence-electron chi connectivity index (χ4n) is 1.99. The lowest BCUT2D eigenvalue weighted by Crippen LogP contribution is -2.45. The molecule has 1 aliphatic carbocycles. The molecule has 2 nitrogen and oxygen atoms in total. The maximum Gasteiger partial charge on any atom is 0.0591 e. The van der Waals surface area contributed by atoms with Gasteiger partial charge in [0, 0.05) is 19.1 Å². The predicted molar refractivity (Wildman–Crippen MR) is 63.1 cm³/mol. The Labute approximate surface area is 88.4 Å². The van der Waals surface area contributed by atoms with Crippen molar-refractivity contribution in [1.82, 2.24) is 4.90 Å². The van der Waals surface area contributed by atoms with Crippen molar-refractivity contribution in [3.05, 3.63) is 0 Å². The lowest BCUT2D eigenvalue weighted by molar-refractivity contribution is 0.108. The average molecular weight is 196 g/mol. The maximum atomic E-state index is 4.08. The smallest absolute Gasteiger partial charge is 0.0591 e. The second kappa shape index (κ2) is 5.50. The molecule has 1 fully saturated rings. The van der Waals surface area contributed by atoms with Crippen molar-refractivity contribution in [3.63, 3.8) is 0 Å². The highest BCUT2D eigenvalue weighted by Crippen LogP contribution is 2.25. The standard InChI is InChI=1S/C12H24N2/c1-10(2)8-14(9-11(3)13-4)12-6-5-7-12/h10-12H,4-9H2,1-3H3. The summed E-state index contributed by atoms with van der Waals surface area (Å²) >= 11 is 0. The number of aliphatic imine (C=N–C) groups is 1. The molecule has 0 aromatic carbocycles. The van der Waals surface area contributed by atoms with E-state index in [2.05, 4.69) is 37.4 Å². The summed E-state index contributed by atoms with van der Waals surface area (Å²) in [4.78, 5) is 6.69. The number of hydrogen-bond donors (Lipinski definition) is 0. The molecule has 1 aliphatic rings. The predicted octanol–water partition coefficient (Wildman–Crippen LogP) is 2.59. The Balaban J connectivity index is 2.38. The molecular weight excluding hydrogens is 172 g/mol. The van der Waals surface area contributed by atoms with E-state index in [0.29, 0.717) is 6.04 Å². The molecule has 1 rings (SSSR count). The van der Waals surface area contributed by atoms with Crippen LogP contribution in [0.1, 0.15) is 40.0 Å². The van der Waals surface area contributed by atoms with E-state index in [9.17, 15) is 0 Å². The Morgan fingerprint density at radius 2 is 1.93 bits per heavy atom. The van der Waals surface area contributed by atoms with Gasteiger partial charge in [0.05, 0.1) is 6.04 Å². The van der Waals surface area contributed by atoms with E-state index in [1.54, 1.807) is 0 Å². The zero-order chi connectivity index (χ0) is 10.6. The van der Waals surface area contributed by atoms with Crippen LogP contribution < -0.4 is 0 Å². The summed E-state index contributed by atoms with van der Waals surface area (Å²) < 4.78 is 0. The van der Waals surface area contributed by atoms with Gasteiger partial charge < -0.3 is 0 Å². The van der Waals surface area contributed by atoms with Crippen LogP contribution >= 0.6 is 0 Å². The summed E-state index contributed by atoms with van der Waals surface area (Å²) in [6, 6.07) is 1.22. The second-order valence-corrected chi connectivity index (χ2v) is 4.96. The second-order valence-electron chi connectivity index (χ2n) is 4.96. The summed E-state index contributed by atoms with van der Waals surface area (Å²) in [5, 5.41) is 0. The molecule has 0 N–H and O–H groups in total. The van der Waals surface area contributed by atoms with E-state index >= 15 is 0 Å². The Morgan fingerprint density at radius 3 is 2.29 bits per heavy atom. The molecule has 0 amide bonds. The van der Waals surface area contributed by atoms with E-state index in [4.69, 9.17) is 0 Å². The molecule has 0 saturated heterocycles. The first-order valence-corrected chi connectivity index (χ1v) is 5.83. The fourth-order valence-corrected chi connectivity index (χ4v) is 1.99. The van der Waals surface area contributed by atoms with Crippen LogP contribution in [0.3, 0.4) is 0 Å². The van der Waals surface area contributed by atoms with Gasteiger partial charge in [-0.2, -0.15) is 0 Å². The van der Waals surface area contributed by atoms with Crippen LogP contribution in [0.5, 0.6) is 0 Å². The van der Waals surface area contributed by atoms with Gasteiger partial charge in [-0.05, 0) is 32.4 Å². The minimum absolute atomic E-state index is 0.384.